The van der Waals surface area contributed by atoms with Crippen LogP contribution in [0.25, 0.3) is 5.69 Å². The molecule has 1 unspecified atom stereocenters. The van der Waals surface area contributed by atoms with Crippen LogP contribution in [0.3, 0.4) is 0 Å². The lowest BCUT2D eigenvalue weighted by atomic mass is 10.2. The first-order chi connectivity index (χ1) is 14.1. The van der Waals surface area contributed by atoms with Crippen molar-refractivity contribution in [2.45, 2.75) is 26.5 Å². The fraction of sp³-hybridized carbons (Fsp3) is 0.286. The van der Waals surface area contributed by atoms with E-state index in [1.165, 1.54) is 6.33 Å². The molecule has 0 saturated heterocycles. The second-order valence-electron chi connectivity index (χ2n) is 6.46. The predicted molar refractivity (Wildman–Crippen MR) is 131 cm³/mol. The van der Waals surface area contributed by atoms with Crippen molar-refractivity contribution in [2.75, 3.05) is 13.1 Å². The molecule has 0 saturated carbocycles. The largest absolute Gasteiger partial charge is 0.489 e. The van der Waals surface area contributed by atoms with Gasteiger partial charge in [-0.1, -0.05) is 23.7 Å². The van der Waals surface area contributed by atoms with Gasteiger partial charge in [0.2, 0.25) is 0 Å². The lowest BCUT2D eigenvalue weighted by Gasteiger charge is -2.17. The van der Waals surface area contributed by atoms with Crippen LogP contribution in [0.4, 0.5) is 0 Å². The van der Waals surface area contributed by atoms with Crippen LogP contribution in [0.5, 0.6) is 5.75 Å². The smallest absolute Gasteiger partial charge is 0.191 e. The summed E-state index contributed by atoms with van der Waals surface area (Å²) in [7, 11) is 0. The fourth-order valence-corrected chi connectivity index (χ4v) is 2.76. The Morgan fingerprint density at radius 3 is 2.50 bits per heavy atom. The monoisotopic (exact) mass is 540 g/mol. The molecule has 0 aliphatic heterocycles. The van der Waals surface area contributed by atoms with Gasteiger partial charge in [-0.25, -0.2) is 14.7 Å². The third-order valence-corrected chi connectivity index (χ3v) is 4.34. The lowest BCUT2D eigenvalue weighted by Crippen LogP contribution is -2.41. The van der Waals surface area contributed by atoms with Crippen molar-refractivity contribution in [2.24, 2.45) is 4.99 Å². The molecular formula is C21H26ClIN6O. The minimum atomic E-state index is -0.0259. The van der Waals surface area contributed by atoms with Gasteiger partial charge in [-0.2, -0.15) is 5.10 Å². The minimum absolute atomic E-state index is 0. The van der Waals surface area contributed by atoms with Gasteiger partial charge in [-0.15, -0.1) is 24.0 Å². The molecular weight excluding hydrogens is 515 g/mol. The first-order valence-electron chi connectivity index (χ1n) is 9.52. The van der Waals surface area contributed by atoms with Crippen LogP contribution in [0.1, 0.15) is 19.4 Å². The average Bonchev–Trinajstić information content (AvgIpc) is 3.27. The number of hydrogen-bond acceptors (Lipinski definition) is 4. The Balaban J connectivity index is 0.00000320. The molecule has 2 N–H and O–H groups in total. The standard InChI is InChI=1S/C21H25ClN6O.HI/c1-3-24-21(25-12-16(2)29-20-10-6-18(22)7-11-20)26-13-17-4-8-19(9-5-17)28-15-23-14-27-28;/h4-11,14-16H,3,12-13H2,1-2H3,(H2,24,25,26);1H. The highest BCUT2D eigenvalue weighted by atomic mass is 127. The van der Waals surface area contributed by atoms with Gasteiger partial charge in [0.1, 0.15) is 24.5 Å². The van der Waals surface area contributed by atoms with Crippen LogP contribution < -0.4 is 15.4 Å². The molecule has 1 atom stereocenters. The SMILES string of the molecule is CCNC(=NCc1ccc(-n2cncn2)cc1)NCC(C)Oc1ccc(Cl)cc1.I. The van der Waals surface area contributed by atoms with E-state index in [1.807, 2.05) is 62.4 Å². The third kappa shape index (κ3) is 7.49. The minimum Gasteiger partial charge on any atom is -0.489 e. The van der Waals surface area contributed by atoms with E-state index in [4.69, 9.17) is 16.3 Å². The molecule has 0 aliphatic carbocycles. The Bertz CT molecular complexity index is 900. The molecule has 9 heteroatoms. The van der Waals surface area contributed by atoms with E-state index < -0.39 is 0 Å². The van der Waals surface area contributed by atoms with Crippen LogP contribution in [0.2, 0.25) is 5.02 Å². The predicted octanol–water partition coefficient (Wildman–Crippen LogP) is 4.06. The van der Waals surface area contributed by atoms with Crippen molar-refractivity contribution in [3.63, 3.8) is 0 Å². The Labute approximate surface area is 198 Å². The number of aromatic nitrogens is 3. The summed E-state index contributed by atoms with van der Waals surface area (Å²) in [5, 5.41) is 11.4. The third-order valence-electron chi connectivity index (χ3n) is 4.09. The van der Waals surface area contributed by atoms with Gasteiger partial charge in [0.05, 0.1) is 18.8 Å². The van der Waals surface area contributed by atoms with Gasteiger partial charge in [0.15, 0.2) is 5.96 Å². The molecule has 0 fully saturated rings. The molecule has 2 aromatic carbocycles. The zero-order valence-electron chi connectivity index (χ0n) is 17.0. The topological polar surface area (TPSA) is 76.4 Å². The summed E-state index contributed by atoms with van der Waals surface area (Å²) in [4.78, 5) is 8.62. The molecule has 3 aromatic rings. The number of rotatable bonds is 8. The van der Waals surface area contributed by atoms with E-state index in [1.54, 1.807) is 11.0 Å². The maximum atomic E-state index is 5.91. The van der Waals surface area contributed by atoms with Gasteiger partial charge >= 0.3 is 0 Å². The number of aliphatic imine (C=N–C) groups is 1. The van der Waals surface area contributed by atoms with Crippen LogP contribution in [0, 0.1) is 0 Å². The molecule has 1 aromatic heterocycles. The molecule has 0 spiro atoms. The maximum Gasteiger partial charge on any atom is 0.191 e. The molecule has 160 valence electrons. The van der Waals surface area contributed by atoms with E-state index >= 15 is 0 Å². The molecule has 0 bridgehead atoms. The van der Waals surface area contributed by atoms with E-state index in [0.29, 0.717) is 18.1 Å². The highest BCUT2D eigenvalue weighted by Crippen LogP contribution is 2.16. The molecule has 0 amide bonds. The van der Waals surface area contributed by atoms with E-state index in [9.17, 15) is 0 Å². The number of hydrogen-bond donors (Lipinski definition) is 2. The molecule has 3 rings (SSSR count). The van der Waals surface area contributed by atoms with Gasteiger partial charge in [-0.3, -0.25) is 0 Å². The first kappa shape index (κ1) is 23.9. The number of ether oxygens (including phenoxy) is 1. The van der Waals surface area contributed by atoms with Gasteiger partial charge in [0.25, 0.3) is 0 Å². The normalized spacial score (nSPS) is 12.0. The second kappa shape index (κ2) is 12.4. The molecule has 1 heterocycles. The summed E-state index contributed by atoms with van der Waals surface area (Å²) in [6, 6.07) is 15.4. The van der Waals surface area contributed by atoms with Crippen molar-refractivity contribution >= 4 is 41.5 Å². The zero-order chi connectivity index (χ0) is 20.5. The number of halogens is 2. The van der Waals surface area contributed by atoms with Crippen molar-refractivity contribution in [1.82, 2.24) is 25.4 Å². The van der Waals surface area contributed by atoms with Gasteiger partial charge in [-0.05, 0) is 55.8 Å². The van der Waals surface area contributed by atoms with Crippen molar-refractivity contribution in [3.05, 3.63) is 71.8 Å². The average molecular weight is 541 g/mol. The first-order valence-corrected chi connectivity index (χ1v) is 9.90. The Morgan fingerprint density at radius 2 is 1.87 bits per heavy atom. The molecule has 0 radical (unpaired) electrons. The maximum absolute atomic E-state index is 5.91. The highest BCUT2D eigenvalue weighted by Gasteiger charge is 2.06. The Kier molecular flexibility index (Phi) is 9.88. The fourth-order valence-electron chi connectivity index (χ4n) is 2.64. The van der Waals surface area contributed by atoms with Gasteiger partial charge in [0, 0.05) is 11.6 Å². The van der Waals surface area contributed by atoms with E-state index in [2.05, 4.69) is 25.7 Å². The quantitative estimate of drug-likeness (QED) is 0.256. The lowest BCUT2D eigenvalue weighted by molar-refractivity contribution is 0.224. The summed E-state index contributed by atoms with van der Waals surface area (Å²) in [6.07, 6.45) is 3.17. The summed E-state index contributed by atoms with van der Waals surface area (Å²) < 4.78 is 7.61. The number of nitrogens with one attached hydrogen (secondary N) is 2. The van der Waals surface area contributed by atoms with Crippen LogP contribution >= 0.6 is 35.6 Å². The van der Waals surface area contributed by atoms with Crippen molar-refractivity contribution in [3.8, 4) is 11.4 Å². The number of nitrogens with zero attached hydrogens (tertiary/aromatic N) is 4. The van der Waals surface area contributed by atoms with Crippen LogP contribution in [-0.2, 0) is 6.54 Å². The number of benzene rings is 2. The summed E-state index contributed by atoms with van der Waals surface area (Å²) in [5.41, 5.74) is 2.07. The van der Waals surface area contributed by atoms with E-state index in [-0.39, 0.29) is 30.1 Å². The molecule has 30 heavy (non-hydrogen) atoms. The van der Waals surface area contributed by atoms with Crippen molar-refractivity contribution in [1.29, 1.82) is 0 Å². The van der Waals surface area contributed by atoms with Crippen LogP contribution in [-0.4, -0.2) is 39.9 Å². The van der Waals surface area contributed by atoms with Crippen LogP contribution in [0.15, 0.2) is 66.2 Å². The van der Waals surface area contributed by atoms with Crippen molar-refractivity contribution < 1.29 is 4.74 Å². The van der Waals surface area contributed by atoms with Gasteiger partial charge < -0.3 is 15.4 Å². The van der Waals surface area contributed by atoms with E-state index in [0.717, 1.165) is 29.5 Å². The second-order valence-corrected chi connectivity index (χ2v) is 6.90. The zero-order valence-corrected chi connectivity index (χ0v) is 20.0. The summed E-state index contributed by atoms with van der Waals surface area (Å²) >= 11 is 5.91. The number of guanidine groups is 1. The summed E-state index contributed by atoms with van der Waals surface area (Å²) in [6.45, 7) is 6.02. The molecule has 7 nitrogen and oxygen atoms in total. The Morgan fingerprint density at radius 1 is 1.13 bits per heavy atom. The Hall–Kier alpha value is -2.33. The summed E-state index contributed by atoms with van der Waals surface area (Å²) in [5.74, 6) is 1.54. The highest BCUT2D eigenvalue weighted by molar-refractivity contribution is 14.0. The molecule has 0 aliphatic rings.